The minimum absolute atomic E-state index is 0.0176. The van der Waals surface area contributed by atoms with Gasteiger partial charge in [-0.2, -0.15) is 5.26 Å². The van der Waals surface area contributed by atoms with E-state index in [1.54, 1.807) is 0 Å². The molecule has 1 saturated heterocycles. The standard InChI is InChI=1S/C22H26N4O/c23-12-17-6-8-18(9-7-17)13-25-14-19-3-1-4-20(11-19)15-26-10-2-5-21(16-26)22(24)27/h1,3-4,6-9,11,21,25H,2,5,10,13-16H2,(H2,24,27). The Balaban J connectivity index is 1.51. The summed E-state index contributed by atoms with van der Waals surface area (Å²) in [6, 6.07) is 18.3. The number of benzene rings is 2. The lowest BCUT2D eigenvalue weighted by atomic mass is 9.97. The molecule has 1 aliphatic rings. The molecule has 2 aromatic carbocycles. The second-order valence-electron chi connectivity index (χ2n) is 7.21. The van der Waals surface area contributed by atoms with E-state index in [1.807, 2.05) is 24.3 Å². The van der Waals surface area contributed by atoms with Crippen LogP contribution in [0.3, 0.4) is 0 Å². The molecule has 5 heteroatoms. The maximum atomic E-state index is 11.4. The van der Waals surface area contributed by atoms with Crippen molar-refractivity contribution < 1.29 is 4.79 Å². The Kier molecular flexibility index (Phi) is 6.59. The number of nitrogens with two attached hydrogens (primary N) is 1. The van der Waals surface area contributed by atoms with Crippen molar-refractivity contribution in [1.82, 2.24) is 10.2 Å². The van der Waals surface area contributed by atoms with E-state index in [9.17, 15) is 4.79 Å². The second kappa shape index (κ2) is 9.31. The van der Waals surface area contributed by atoms with Crippen LogP contribution in [0.15, 0.2) is 48.5 Å². The topological polar surface area (TPSA) is 82.2 Å². The number of hydrogen-bond acceptors (Lipinski definition) is 4. The maximum absolute atomic E-state index is 11.4. The van der Waals surface area contributed by atoms with Gasteiger partial charge >= 0.3 is 0 Å². The average molecular weight is 362 g/mol. The van der Waals surface area contributed by atoms with Gasteiger partial charge in [-0.25, -0.2) is 0 Å². The number of carbonyl (C=O) groups is 1. The fourth-order valence-corrected chi connectivity index (χ4v) is 3.58. The number of nitrogens with zero attached hydrogens (tertiary/aromatic N) is 2. The molecule has 0 aliphatic carbocycles. The van der Waals surface area contributed by atoms with Crippen molar-refractivity contribution in [2.24, 2.45) is 11.7 Å². The van der Waals surface area contributed by atoms with Gasteiger partial charge in [-0.05, 0) is 48.2 Å². The lowest BCUT2D eigenvalue weighted by Gasteiger charge is -2.31. The number of nitriles is 1. The molecule has 27 heavy (non-hydrogen) atoms. The Labute approximate surface area is 160 Å². The van der Waals surface area contributed by atoms with Crippen LogP contribution >= 0.6 is 0 Å². The highest BCUT2D eigenvalue weighted by molar-refractivity contribution is 5.76. The Morgan fingerprint density at radius 3 is 2.63 bits per heavy atom. The van der Waals surface area contributed by atoms with E-state index in [4.69, 9.17) is 11.0 Å². The van der Waals surface area contributed by atoms with Gasteiger partial charge < -0.3 is 11.1 Å². The molecule has 1 unspecified atom stereocenters. The Morgan fingerprint density at radius 1 is 1.15 bits per heavy atom. The Hall–Kier alpha value is -2.68. The zero-order valence-corrected chi connectivity index (χ0v) is 15.5. The van der Waals surface area contributed by atoms with Crippen LogP contribution < -0.4 is 11.1 Å². The summed E-state index contributed by atoms with van der Waals surface area (Å²) in [6.45, 7) is 4.19. The number of nitrogens with one attached hydrogen (secondary N) is 1. The van der Waals surface area contributed by atoms with Crippen molar-refractivity contribution in [1.29, 1.82) is 5.26 Å². The van der Waals surface area contributed by atoms with Crippen LogP contribution in [0, 0.1) is 17.2 Å². The smallest absolute Gasteiger partial charge is 0.221 e. The van der Waals surface area contributed by atoms with Crippen molar-refractivity contribution in [3.8, 4) is 6.07 Å². The normalized spacial score (nSPS) is 17.4. The van der Waals surface area contributed by atoms with Gasteiger partial charge in [0.05, 0.1) is 17.6 Å². The van der Waals surface area contributed by atoms with Crippen LogP contribution in [0.1, 0.15) is 35.1 Å². The number of piperidine rings is 1. The third-order valence-corrected chi connectivity index (χ3v) is 5.05. The molecule has 0 radical (unpaired) electrons. The van der Waals surface area contributed by atoms with Gasteiger partial charge in [0.2, 0.25) is 5.91 Å². The molecule has 1 heterocycles. The molecule has 1 amide bonds. The highest BCUT2D eigenvalue weighted by Crippen LogP contribution is 2.18. The molecule has 1 aliphatic heterocycles. The summed E-state index contributed by atoms with van der Waals surface area (Å²) < 4.78 is 0. The third kappa shape index (κ3) is 5.65. The summed E-state index contributed by atoms with van der Waals surface area (Å²) in [6.07, 6.45) is 1.94. The van der Waals surface area contributed by atoms with Gasteiger partial charge in [-0.3, -0.25) is 9.69 Å². The number of rotatable bonds is 7. The lowest BCUT2D eigenvalue weighted by molar-refractivity contribution is -0.123. The zero-order chi connectivity index (χ0) is 19.1. The number of hydrogen-bond donors (Lipinski definition) is 2. The second-order valence-corrected chi connectivity index (χ2v) is 7.21. The number of carbonyl (C=O) groups excluding carboxylic acids is 1. The predicted molar refractivity (Wildman–Crippen MR) is 105 cm³/mol. The summed E-state index contributed by atoms with van der Waals surface area (Å²) >= 11 is 0. The summed E-state index contributed by atoms with van der Waals surface area (Å²) in [5, 5.41) is 12.3. The van der Waals surface area contributed by atoms with Crippen LogP contribution in [0.2, 0.25) is 0 Å². The van der Waals surface area contributed by atoms with Crippen molar-refractivity contribution in [3.63, 3.8) is 0 Å². The van der Waals surface area contributed by atoms with Gasteiger partial charge in [0.1, 0.15) is 0 Å². The molecule has 0 bridgehead atoms. The molecule has 3 N–H and O–H groups in total. The van der Waals surface area contributed by atoms with E-state index < -0.39 is 0 Å². The molecule has 2 aromatic rings. The highest BCUT2D eigenvalue weighted by Gasteiger charge is 2.23. The first-order valence-corrected chi connectivity index (χ1v) is 9.43. The average Bonchev–Trinajstić information content (AvgIpc) is 2.69. The van der Waals surface area contributed by atoms with E-state index in [0.29, 0.717) is 5.56 Å². The van der Waals surface area contributed by atoms with E-state index in [-0.39, 0.29) is 11.8 Å². The maximum Gasteiger partial charge on any atom is 0.221 e. The van der Waals surface area contributed by atoms with E-state index in [1.165, 1.54) is 11.1 Å². The van der Waals surface area contributed by atoms with Crippen molar-refractivity contribution in [2.45, 2.75) is 32.5 Å². The SMILES string of the molecule is N#Cc1ccc(CNCc2cccc(CN3CCCC(C(N)=O)C3)c2)cc1. The van der Waals surface area contributed by atoms with Gasteiger partial charge in [0.15, 0.2) is 0 Å². The molecule has 1 atom stereocenters. The predicted octanol–water partition coefficient (Wildman–Crippen LogP) is 2.55. The lowest BCUT2D eigenvalue weighted by Crippen LogP contribution is -2.40. The fraction of sp³-hybridized carbons (Fsp3) is 0.364. The minimum atomic E-state index is -0.180. The third-order valence-electron chi connectivity index (χ3n) is 5.05. The van der Waals surface area contributed by atoms with Gasteiger partial charge in [-0.15, -0.1) is 0 Å². The van der Waals surface area contributed by atoms with Crippen molar-refractivity contribution >= 4 is 5.91 Å². The van der Waals surface area contributed by atoms with Crippen LogP contribution in [0.25, 0.3) is 0 Å². The Morgan fingerprint density at radius 2 is 1.89 bits per heavy atom. The highest BCUT2D eigenvalue weighted by atomic mass is 16.1. The van der Waals surface area contributed by atoms with E-state index in [0.717, 1.165) is 51.1 Å². The Bertz CT molecular complexity index is 810. The van der Waals surface area contributed by atoms with E-state index in [2.05, 4.69) is 40.6 Å². The number of likely N-dealkylation sites (tertiary alicyclic amines) is 1. The molecule has 1 fully saturated rings. The van der Waals surface area contributed by atoms with Crippen LogP contribution in [0.4, 0.5) is 0 Å². The number of primary amides is 1. The molecular weight excluding hydrogens is 336 g/mol. The van der Waals surface area contributed by atoms with Gasteiger partial charge in [0, 0.05) is 26.2 Å². The first kappa shape index (κ1) is 19.1. The van der Waals surface area contributed by atoms with Crippen molar-refractivity contribution in [3.05, 3.63) is 70.8 Å². The zero-order valence-electron chi connectivity index (χ0n) is 15.5. The molecule has 3 rings (SSSR count). The molecule has 140 valence electrons. The molecule has 5 nitrogen and oxygen atoms in total. The van der Waals surface area contributed by atoms with E-state index >= 15 is 0 Å². The van der Waals surface area contributed by atoms with Crippen LogP contribution in [0.5, 0.6) is 0 Å². The molecule has 0 saturated carbocycles. The van der Waals surface area contributed by atoms with Crippen LogP contribution in [-0.2, 0) is 24.4 Å². The summed E-state index contributed by atoms with van der Waals surface area (Å²) in [5.41, 5.74) is 9.82. The van der Waals surface area contributed by atoms with Crippen LogP contribution in [-0.4, -0.2) is 23.9 Å². The first-order valence-electron chi connectivity index (χ1n) is 9.43. The fourth-order valence-electron chi connectivity index (χ4n) is 3.58. The van der Waals surface area contributed by atoms with Gasteiger partial charge in [-0.1, -0.05) is 36.4 Å². The molecular formula is C22H26N4O. The van der Waals surface area contributed by atoms with Gasteiger partial charge in [0.25, 0.3) is 0 Å². The summed E-state index contributed by atoms with van der Waals surface area (Å²) in [7, 11) is 0. The monoisotopic (exact) mass is 362 g/mol. The molecule has 0 spiro atoms. The summed E-state index contributed by atoms with van der Waals surface area (Å²) in [4.78, 5) is 13.8. The molecule has 0 aromatic heterocycles. The summed E-state index contributed by atoms with van der Waals surface area (Å²) in [5.74, 6) is -0.198. The first-order chi connectivity index (χ1) is 13.1. The van der Waals surface area contributed by atoms with Crippen molar-refractivity contribution in [2.75, 3.05) is 13.1 Å². The number of amides is 1. The largest absolute Gasteiger partial charge is 0.369 e. The minimum Gasteiger partial charge on any atom is -0.369 e. The quantitative estimate of drug-likeness (QED) is 0.793.